The highest BCUT2D eigenvalue weighted by molar-refractivity contribution is 5.95. The Bertz CT molecular complexity index is 315. The summed E-state index contributed by atoms with van der Waals surface area (Å²) >= 11 is 0. The van der Waals surface area contributed by atoms with Crippen molar-refractivity contribution in [2.75, 3.05) is 11.4 Å². The second kappa shape index (κ2) is 3.20. The van der Waals surface area contributed by atoms with E-state index in [4.69, 9.17) is 5.41 Å². The lowest BCUT2D eigenvalue weighted by atomic mass is 10.1. The Balaban J connectivity index is 2.19. The molecule has 1 saturated heterocycles. The minimum atomic E-state index is 0.722. The van der Waals surface area contributed by atoms with Gasteiger partial charge in [0.2, 0.25) is 0 Å². The summed E-state index contributed by atoms with van der Waals surface area (Å²) in [5, 5.41) is 11.9. The number of anilines is 1. The molecule has 0 aromatic carbocycles. The van der Waals surface area contributed by atoms with Crippen LogP contribution in [0.2, 0.25) is 0 Å². The molecular formula is C9H14N4. The summed E-state index contributed by atoms with van der Waals surface area (Å²) in [6.45, 7) is 0.963. The Morgan fingerprint density at radius 3 is 2.92 bits per heavy atom. The van der Waals surface area contributed by atoms with Crippen LogP contribution in [0.25, 0.3) is 0 Å². The largest absolute Gasteiger partial charge is 0.328 e. The smallest absolute Gasteiger partial charge is 0.100 e. The van der Waals surface area contributed by atoms with E-state index in [0.29, 0.717) is 0 Å². The first-order valence-corrected chi connectivity index (χ1v) is 4.61. The highest BCUT2D eigenvalue weighted by Gasteiger charge is 2.17. The molecule has 1 aromatic heterocycles. The van der Waals surface area contributed by atoms with Gasteiger partial charge in [-0.1, -0.05) is 0 Å². The van der Waals surface area contributed by atoms with Crippen LogP contribution in [0.15, 0.2) is 12.4 Å². The van der Waals surface area contributed by atoms with Crippen LogP contribution in [0.5, 0.6) is 0 Å². The van der Waals surface area contributed by atoms with E-state index in [1.54, 1.807) is 4.68 Å². The molecule has 1 N–H and O–H groups in total. The summed E-state index contributed by atoms with van der Waals surface area (Å²) in [5.41, 5.74) is 1.05. The van der Waals surface area contributed by atoms with E-state index in [9.17, 15) is 0 Å². The Hall–Kier alpha value is -1.32. The maximum absolute atomic E-state index is 7.78. The Morgan fingerprint density at radius 1 is 1.46 bits per heavy atom. The lowest BCUT2D eigenvalue weighted by Gasteiger charge is -2.27. The van der Waals surface area contributed by atoms with Crippen molar-refractivity contribution in [3.8, 4) is 0 Å². The lowest BCUT2D eigenvalue weighted by Crippen LogP contribution is -2.34. The van der Waals surface area contributed by atoms with Gasteiger partial charge in [-0.2, -0.15) is 5.10 Å². The molecule has 2 rings (SSSR count). The number of nitrogens with zero attached hydrogens (tertiary/aromatic N) is 3. The van der Waals surface area contributed by atoms with Gasteiger partial charge in [-0.05, 0) is 12.8 Å². The van der Waals surface area contributed by atoms with Gasteiger partial charge in [0.05, 0.1) is 11.9 Å². The average molecular weight is 178 g/mol. The van der Waals surface area contributed by atoms with E-state index in [0.717, 1.165) is 30.9 Å². The van der Waals surface area contributed by atoms with Crippen LogP contribution in [-0.2, 0) is 7.05 Å². The van der Waals surface area contributed by atoms with Crippen molar-refractivity contribution >= 4 is 11.5 Å². The van der Waals surface area contributed by atoms with Crippen molar-refractivity contribution in [1.82, 2.24) is 9.78 Å². The molecule has 0 bridgehead atoms. The molecule has 1 fully saturated rings. The van der Waals surface area contributed by atoms with Crippen molar-refractivity contribution in [2.45, 2.75) is 19.3 Å². The zero-order valence-electron chi connectivity index (χ0n) is 7.82. The SMILES string of the molecule is Cn1cc(N2CCCCC2=N)cn1. The van der Waals surface area contributed by atoms with Crippen molar-refractivity contribution in [2.24, 2.45) is 7.05 Å². The third kappa shape index (κ3) is 1.56. The summed E-state index contributed by atoms with van der Waals surface area (Å²) in [7, 11) is 1.90. The fourth-order valence-electron chi connectivity index (χ4n) is 1.66. The molecule has 1 aliphatic heterocycles. The number of rotatable bonds is 1. The quantitative estimate of drug-likeness (QED) is 0.706. The van der Waals surface area contributed by atoms with Gasteiger partial charge in [0.1, 0.15) is 5.84 Å². The highest BCUT2D eigenvalue weighted by Crippen LogP contribution is 2.19. The number of hydrogen-bond donors (Lipinski definition) is 1. The fraction of sp³-hybridized carbons (Fsp3) is 0.556. The first-order valence-electron chi connectivity index (χ1n) is 4.61. The van der Waals surface area contributed by atoms with Gasteiger partial charge < -0.3 is 4.90 Å². The number of amidine groups is 1. The van der Waals surface area contributed by atoms with Gasteiger partial charge in [0, 0.05) is 26.2 Å². The summed E-state index contributed by atoms with van der Waals surface area (Å²) in [6.07, 6.45) is 7.00. The molecular weight excluding hydrogens is 164 g/mol. The Kier molecular flexibility index (Phi) is 2.04. The van der Waals surface area contributed by atoms with E-state index < -0.39 is 0 Å². The van der Waals surface area contributed by atoms with Gasteiger partial charge in [-0.3, -0.25) is 10.1 Å². The molecule has 4 nitrogen and oxygen atoms in total. The Labute approximate surface area is 77.7 Å². The molecule has 0 spiro atoms. The molecule has 0 saturated carbocycles. The molecule has 0 unspecified atom stereocenters. The monoisotopic (exact) mass is 178 g/mol. The predicted octanol–water partition coefficient (Wildman–Crippen LogP) is 1.39. The summed E-state index contributed by atoms with van der Waals surface area (Å²) < 4.78 is 1.78. The van der Waals surface area contributed by atoms with Crippen LogP contribution in [-0.4, -0.2) is 22.2 Å². The molecule has 2 heterocycles. The fourth-order valence-corrected chi connectivity index (χ4v) is 1.66. The number of piperidine rings is 1. The molecule has 70 valence electrons. The summed E-state index contributed by atoms with van der Waals surface area (Å²) in [5.74, 6) is 0.722. The van der Waals surface area contributed by atoms with Crippen molar-refractivity contribution in [3.05, 3.63) is 12.4 Å². The highest BCUT2D eigenvalue weighted by atomic mass is 15.3. The molecule has 0 radical (unpaired) electrons. The number of nitrogens with one attached hydrogen (secondary N) is 1. The van der Waals surface area contributed by atoms with Gasteiger partial charge in [-0.15, -0.1) is 0 Å². The first kappa shape index (κ1) is 8.29. The minimum absolute atomic E-state index is 0.722. The van der Waals surface area contributed by atoms with Crippen LogP contribution in [0.3, 0.4) is 0 Å². The normalized spacial score (nSPS) is 17.9. The molecule has 1 aliphatic rings. The van der Waals surface area contributed by atoms with Crippen molar-refractivity contribution in [3.63, 3.8) is 0 Å². The van der Waals surface area contributed by atoms with E-state index >= 15 is 0 Å². The third-order valence-corrected chi connectivity index (χ3v) is 2.37. The van der Waals surface area contributed by atoms with Crippen LogP contribution in [0.1, 0.15) is 19.3 Å². The summed E-state index contributed by atoms with van der Waals surface area (Å²) in [4.78, 5) is 2.04. The number of aryl methyl sites for hydroxylation is 1. The zero-order valence-corrected chi connectivity index (χ0v) is 7.82. The number of aromatic nitrogens is 2. The maximum Gasteiger partial charge on any atom is 0.100 e. The third-order valence-electron chi connectivity index (χ3n) is 2.37. The number of hydrogen-bond acceptors (Lipinski definition) is 2. The van der Waals surface area contributed by atoms with Crippen LogP contribution in [0, 0.1) is 5.41 Å². The van der Waals surface area contributed by atoms with Gasteiger partial charge >= 0.3 is 0 Å². The van der Waals surface area contributed by atoms with Gasteiger partial charge in [-0.25, -0.2) is 0 Å². The second-order valence-electron chi connectivity index (χ2n) is 3.43. The molecule has 1 aromatic rings. The average Bonchev–Trinajstić information content (AvgIpc) is 2.53. The molecule has 0 amide bonds. The molecule has 4 heteroatoms. The molecule has 13 heavy (non-hydrogen) atoms. The molecule has 0 aliphatic carbocycles. The van der Waals surface area contributed by atoms with Crippen LogP contribution in [0.4, 0.5) is 5.69 Å². The topological polar surface area (TPSA) is 44.9 Å². The van der Waals surface area contributed by atoms with E-state index in [1.165, 1.54) is 6.42 Å². The van der Waals surface area contributed by atoms with E-state index in [1.807, 2.05) is 24.3 Å². The summed E-state index contributed by atoms with van der Waals surface area (Å²) in [6, 6.07) is 0. The zero-order chi connectivity index (χ0) is 9.26. The van der Waals surface area contributed by atoms with Crippen molar-refractivity contribution in [1.29, 1.82) is 5.41 Å². The maximum atomic E-state index is 7.78. The van der Waals surface area contributed by atoms with Crippen LogP contribution < -0.4 is 4.90 Å². The standard InChI is InChI=1S/C9H14N4/c1-12-7-8(6-11-12)13-5-3-2-4-9(13)10/h6-7,10H,2-5H2,1H3. The van der Waals surface area contributed by atoms with Crippen LogP contribution >= 0.6 is 0 Å². The minimum Gasteiger partial charge on any atom is -0.328 e. The van der Waals surface area contributed by atoms with E-state index in [-0.39, 0.29) is 0 Å². The Morgan fingerprint density at radius 2 is 2.31 bits per heavy atom. The lowest BCUT2D eigenvalue weighted by molar-refractivity contribution is 0.707. The molecule has 0 atom stereocenters. The van der Waals surface area contributed by atoms with E-state index in [2.05, 4.69) is 5.10 Å². The first-order chi connectivity index (χ1) is 6.27. The van der Waals surface area contributed by atoms with Crippen molar-refractivity contribution < 1.29 is 0 Å². The second-order valence-corrected chi connectivity index (χ2v) is 3.43. The van der Waals surface area contributed by atoms with Gasteiger partial charge in [0.25, 0.3) is 0 Å². The van der Waals surface area contributed by atoms with Gasteiger partial charge in [0.15, 0.2) is 0 Å². The predicted molar refractivity (Wildman–Crippen MR) is 52.1 cm³/mol.